The van der Waals surface area contributed by atoms with E-state index in [1.807, 2.05) is 30.3 Å². The summed E-state index contributed by atoms with van der Waals surface area (Å²) < 4.78 is 5.08. The zero-order valence-corrected chi connectivity index (χ0v) is 15.6. The van der Waals surface area contributed by atoms with Gasteiger partial charge in [-0.3, -0.25) is 4.79 Å². The molecule has 2 heterocycles. The number of anilines is 1. The molecule has 138 valence electrons. The number of hydrogen-bond acceptors (Lipinski definition) is 5. The van der Waals surface area contributed by atoms with E-state index in [1.54, 1.807) is 13.3 Å². The van der Waals surface area contributed by atoms with Crippen LogP contribution in [0.3, 0.4) is 0 Å². The molecule has 0 spiro atoms. The molecule has 7 heteroatoms. The molecule has 1 N–H and O–H groups in total. The topological polar surface area (TPSA) is 67.3 Å². The third kappa shape index (κ3) is 5.08. The Labute approximate surface area is 158 Å². The summed E-state index contributed by atoms with van der Waals surface area (Å²) in [6.07, 6.45) is 4.22. The van der Waals surface area contributed by atoms with Gasteiger partial charge in [-0.1, -0.05) is 23.7 Å². The number of amides is 1. The van der Waals surface area contributed by atoms with Gasteiger partial charge < -0.3 is 15.0 Å². The van der Waals surface area contributed by atoms with Crippen molar-refractivity contribution in [2.75, 3.05) is 25.1 Å². The van der Waals surface area contributed by atoms with Crippen LogP contribution in [-0.4, -0.2) is 36.1 Å². The van der Waals surface area contributed by atoms with E-state index in [-0.39, 0.29) is 5.91 Å². The second kappa shape index (κ2) is 8.85. The van der Waals surface area contributed by atoms with Crippen molar-refractivity contribution >= 4 is 23.3 Å². The molecule has 6 nitrogen and oxygen atoms in total. The molecule has 0 radical (unpaired) electrons. The number of ether oxygens (including phenoxy) is 1. The second-order valence-corrected chi connectivity index (χ2v) is 6.88. The number of aromatic nitrogens is 2. The van der Waals surface area contributed by atoms with E-state index in [9.17, 15) is 4.79 Å². The van der Waals surface area contributed by atoms with Crippen molar-refractivity contribution in [3.05, 3.63) is 47.1 Å². The smallest absolute Gasteiger partial charge is 0.318 e. The quantitative estimate of drug-likeness (QED) is 0.841. The Hall–Kier alpha value is -2.34. The molecule has 3 rings (SSSR count). The molecule has 0 aliphatic carbocycles. The number of methoxy groups -OCH3 is 1. The largest absolute Gasteiger partial charge is 0.467 e. The Morgan fingerprint density at radius 1 is 1.27 bits per heavy atom. The van der Waals surface area contributed by atoms with Gasteiger partial charge in [0.05, 0.1) is 7.11 Å². The fourth-order valence-electron chi connectivity index (χ4n) is 3.11. The van der Waals surface area contributed by atoms with E-state index < -0.39 is 0 Å². The third-order valence-corrected chi connectivity index (χ3v) is 4.87. The highest BCUT2D eigenvalue weighted by Crippen LogP contribution is 2.24. The average molecular weight is 375 g/mol. The Morgan fingerprint density at radius 2 is 2.00 bits per heavy atom. The molecule has 0 saturated carbocycles. The van der Waals surface area contributed by atoms with Crippen molar-refractivity contribution in [1.82, 2.24) is 15.3 Å². The monoisotopic (exact) mass is 374 g/mol. The number of benzene rings is 1. The van der Waals surface area contributed by atoms with Crippen molar-refractivity contribution < 1.29 is 9.53 Å². The molecule has 1 amide bonds. The van der Waals surface area contributed by atoms with Gasteiger partial charge >= 0.3 is 6.01 Å². The van der Waals surface area contributed by atoms with E-state index in [4.69, 9.17) is 16.3 Å². The van der Waals surface area contributed by atoms with Crippen molar-refractivity contribution in [2.24, 2.45) is 5.92 Å². The Kier molecular flexibility index (Phi) is 6.28. The zero-order chi connectivity index (χ0) is 18.4. The summed E-state index contributed by atoms with van der Waals surface area (Å²) in [6, 6.07) is 9.80. The molecule has 1 saturated heterocycles. The number of hydrogen-bond donors (Lipinski definition) is 1. The van der Waals surface area contributed by atoms with Gasteiger partial charge in [-0.15, -0.1) is 0 Å². The van der Waals surface area contributed by atoms with Crippen LogP contribution in [0.15, 0.2) is 36.5 Å². The molecule has 1 fully saturated rings. The van der Waals surface area contributed by atoms with Crippen LogP contribution in [0.4, 0.5) is 5.82 Å². The lowest BCUT2D eigenvalue weighted by atomic mass is 9.93. The van der Waals surface area contributed by atoms with E-state index in [2.05, 4.69) is 20.2 Å². The predicted molar refractivity (Wildman–Crippen MR) is 101 cm³/mol. The van der Waals surface area contributed by atoms with Gasteiger partial charge in [-0.25, -0.2) is 4.98 Å². The Bertz CT molecular complexity index is 731. The lowest BCUT2D eigenvalue weighted by Gasteiger charge is -2.32. The molecular weight excluding hydrogens is 352 g/mol. The highest BCUT2D eigenvalue weighted by atomic mass is 35.5. The first kappa shape index (κ1) is 18.5. The van der Waals surface area contributed by atoms with Gasteiger partial charge in [0, 0.05) is 37.3 Å². The van der Waals surface area contributed by atoms with Gasteiger partial charge in [0.2, 0.25) is 5.91 Å². The SMILES string of the molecule is COc1nccc(N2CCC(CC(=O)NCc3ccc(Cl)cc3)CC2)n1. The van der Waals surface area contributed by atoms with Gasteiger partial charge in [0.25, 0.3) is 0 Å². The maximum Gasteiger partial charge on any atom is 0.318 e. The molecular formula is C19H23ClN4O2. The van der Waals surface area contributed by atoms with Crippen molar-refractivity contribution in [1.29, 1.82) is 0 Å². The van der Waals surface area contributed by atoms with Crippen molar-refractivity contribution in [2.45, 2.75) is 25.8 Å². The summed E-state index contributed by atoms with van der Waals surface area (Å²) in [5.41, 5.74) is 1.05. The van der Waals surface area contributed by atoms with Crippen LogP contribution in [0.2, 0.25) is 5.02 Å². The van der Waals surface area contributed by atoms with Crippen LogP contribution in [0.5, 0.6) is 6.01 Å². The lowest BCUT2D eigenvalue weighted by molar-refractivity contribution is -0.122. The molecule has 0 atom stereocenters. The fraction of sp³-hybridized carbons (Fsp3) is 0.421. The predicted octanol–water partition coefficient (Wildman–Crippen LogP) is 3.06. The fourth-order valence-corrected chi connectivity index (χ4v) is 3.24. The van der Waals surface area contributed by atoms with Crippen LogP contribution in [0.1, 0.15) is 24.8 Å². The Morgan fingerprint density at radius 3 is 2.69 bits per heavy atom. The van der Waals surface area contributed by atoms with E-state index in [1.165, 1.54) is 0 Å². The number of halogens is 1. The van der Waals surface area contributed by atoms with Gasteiger partial charge in [-0.05, 0) is 42.5 Å². The maximum atomic E-state index is 12.2. The van der Waals surface area contributed by atoms with E-state index >= 15 is 0 Å². The molecule has 1 aliphatic heterocycles. The number of piperidine rings is 1. The zero-order valence-electron chi connectivity index (χ0n) is 14.8. The van der Waals surface area contributed by atoms with E-state index in [0.29, 0.717) is 29.9 Å². The van der Waals surface area contributed by atoms with Gasteiger partial charge in [-0.2, -0.15) is 4.98 Å². The van der Waals surface area contributed by atoms with Crippen LogP contribution in [0, 0.1) is 5.92 Å². The standard InChI is InChI=1S/C19H23ClN4O2/c1-26-19-21-9-6-17(23-19)24-10-7-14(8-11-24)12-18(25)22-13-15-2-4-16(20)5-3-15/h2-6,9,14H,7-8,10-13H2,1H3,(H,22,25). The third-order valence-electron chi connectivity index (χ3n) is 4.62. The minimum absolute atomic E-state index is 0.0992. The highest BCUT2D eigenvalue weighted by molar-refractivity contribution is 6.30. The second-order valence-electron chi connectivity index (χ2n) is 6.44. The summed E-state index contributed by atoms with van der Waals surface area (Å²) in [5, 5.41) is 3.69. The number of nitrogens with zero attached hydrogens (tertiary/aromatic N) is 3. The van der Waals surface area contributed by atoms with Crippen molar-refractivity contribution in [3.8, 4) is 6.01 Å². The molecule has 1 aromatic carbocycles. The summed E-state index contributed by atoms with van der Waals surface area (Å²) in [5.74, 6) is 1.38. The molecule has 26 heavy (non-hydrogen) atoms. The first-order valence-corrected chi connectivity index (χ1v) is 9.15. The normalized spacial score (nSPS) is 14.9. The number of rotatable bonds is 6. The summed E-state index contributed by atoms with van der Waals surface area (Å²) in [6.45, 7) is 2.31. The maximum absolute atomic E-state index is 12.2. The Balaban J connectivity index is 1.43. The first-order chi connectivity index (χ1) is 12.6. The van der Waals surface area contributed by atoms with Crippen LogP contribution in [-0.2, 0) is 11.3 Å². The average Bonchev–Trinajstić information content (AvgIpc) is 2.68. The van der Waals surface area contributed by atoms with E-state index in [0.717, 1.165) is 37.3 Å². The lowest BCUT2D eigenvalue weighted by Crippen LogP contribution is -2.36. The minimum Gasteiger partial charge on any atom is -0.467 e. The first-order valence-electron chi connectivity index (χ1n) is 8.77. The van der Waals surface area contributed by atoms with Crippen LogP contribution >= 0.6 is 11.6 Å². The van der Waals surface area contributed by atoms with Crippen molar-refractivity contribution in [3.63, 3.8) is 0 Å². The summed E-state index contributed by atoms with van der Waals surface area (Å²) >= 11 is 5.87. The van der Waals surface area contributed by atoms with Gasteiger partial charge in [0.15, 0.2) is 0 Å². The van der Waals surface area contributed by atoms with Gasteiger partial charge in [0.1, 0.15) is 5.82 Å². The summed E-state index contributed by atoms with van der Waals surface area (Å²) in [7, 11) is 1.56. The number of carbonyl (C=O) groups is 1. The molecule has 0 bridgehead atoms. The number of carbonyl (C=O) groups excluding carboxylic acids is 1. The minimum atomic E-state index is 0.0992. The van der Waals surface area contributed by atoms with Crippen LogP contribution < -0.4 is 15.0 Å². The number of nitrogens with one attached hydrogen (secondary N) is 1. The molecule has 2 aromatic rings. The highest BCUT2D eigenvalue weighted by Gasteiger charge is 2.22. The molecule has 1 aliphatic rings. The van der Waals surface area contributed by atoms with Crippen LogP contribution in [0.25, 0.3) is 0 Å². The molecule has 1 aromatic heterocycles. The molecule has 0 unspecified atom stereocenters. The summed E-state index contributed by atoms with van der Waals surface area (Å²) in [4.78, 5) is 22.8.